The molecular formula is C20H15N3. The molecule has 0 fully saturated rings. The van der Waals surface area contributed by atoms with Crippen molar-refractivity contribution < 1.29 is 0 Å². The lowest BCUT2D eigenvalue weighted by Gasteiger charge is -2.13. The number of hydrogen-bond acceptors (Lipinski definition) is 1. The van der Waals surface area contributed by atoms with Crippen molar-refractivity contribution in [3.05, 3.63) is 95.4 Å². The van der Waals surface area contributed by atoms with Crippen LogP contribution in [0.4, 0.5) is 5.69 Å². The van der Waals surface area contributed by atoms with Gasteiger partial charge in [-0.25, -0.2) is 0 Å². The highest BCUT2D eigenvalue weighted by Crippen LogP contribution is 2.39. The molecule has 0 aliphatic carbocycles. The van der Waals surface area contributed by atoms with Crippen LogP contribution in [0.2, 0.25) is 0 Å². The summed E-state index contributed by atoms with van der Waals surface area (Å²) in [6, 6.07) is 24.1. The summed E-state index contributed by atoms with van der Waals surface area (Å²) in [6.45, 7) is 3.81. The van der Waals surface area contributed by atoms with E-state index in [4.69, 9.17) is 5.53 Å². The van der Waals surface area contributed by atoms with E-state index in [1.165, 1.54) is 0 Å². The Balaban J connectivity index is 2.29. The molecule has 0 N–H and O–H groups in total. The molecule has 0 unspecified atom stereocenters. The van der Waals surface area contributed by atoms with Crippen LogP contribution in [0.1, 0.15) is 5.56 Å². The van der Waals surface area contributed by atoms with Gasteiger partial charge in [-0.15, -0.1) is 0 Å². The first kappa shape index (κ1) is 14.6. The first-order valence-corrected chi connectivity index (χ1v) is 7.30. The van der Waals surface area contributed by atoms with Gasteiger partial charge < -0.3 is 0 Å². The summed E-state index contributed by atoms with van der Waals surface area (Å²) in [5.74, 6) is 0. The summed E-state index contributed by atoms with van der Waals surface area (Å²) in [5, 5.41) is 3.90. The van der Waals surface area contributed by atoms with Gasteiger partial charge in [0.05, 0.1) is 5.69 Å². The fourth-order valence-electron chi connectivity index (χ4n) is 2.69. The third-order valence-electron chi connectivity index (χ3n) is 3.73. The van der Waals surface area contributed by atoms with Crippen molar-refractivity contribution in [1.82, 2.24) is 0 Å². The van der Waals surface area contributed by atoms with Crippen LogP contribution in [-0.2, 0) is 0 Å². The van der Waals surface area contributed by atoms with Crippen molar-refractivity contribution in [1.29, 1.82) is 0 Å². The van der Waals surface area contributed by atoms with Gasteiger partial charge in [0.15, 0.2) is 0 Å². The molecule has 110 valence electrons. The van der Waals surface area contributed by atoms with E-state index in [1.807, 2.05) is 54.6 Å². The van der Waals surface area contributed by atoms with E-state index in [0.717, 1.165) is 27.8 Å². The highest BCUT2D eigenvalue weighted by molar-refractivity contribution is 5.90. The molecule has 0 saturated heterocycles. The maximum atomic E-state index is 8.92. The second-order valence-electron chi connectivity index (χ2n) is 5.05. The summed E-state index contributed by atoms with van der Waals surface area (Å²) < 4.78 is 0. The highest BCUT2D eigenvalue weighted by atomic mass is 15.1. The number of benzene rings is 3. The van der Waals surface area contributed by atoms with Crippen molar-refractivity contribution >= 4 is 11.8 Å². The van der Waals surface area contributed by atoms with Crippen molar-refractivity contribution in [2.45, 2.75) is 0 Å². The molecule has 0 bridgehead atoms. The van der Waals surface area contributed by atoms with E-state index >= 15 is 0 Å². The molecule has 0 amide bonds. The zero-order valence-electron chi connectivity index (χ0n) is 12.6. The van der Waals surface area contributed by atoms with Gasteiger partial charge in [-0.1, -0.05) is 90.6 Å². The Bertz CT molecular complexity index is 892. The predicted octanol–water partition coefficient (Wildman–Crippen LogP) is 6.61. The van der Waals surface area contributed by atoms with Crippen LogP contribution < -0.4 is 0 Å². The second-order valence-corrected chi connectivity index (χ2v) is 5.05. The van der Waals surface area contributed by atoms with E-state index < -0.39 is 0 Å². The lowest BCUT2D eigenvalue weighted by Crippen LogP contribution is -1.87. The molecule has 0 spiro atoms. The largest absolute Gasteiger partial charge is 0.0985 e. The third kappa shape index (κ3) is 2.86. The molecule has 3 rings (SSSR count). The summed E-state index contributed by atoms with van der Waals surface area (Å²) in [7, 11) is 0. The average molecular weight is 297 g/mol. The van der Waals surface area contributed by atoms with Gasteiger partial charge in [0.25, 0.3) is 0 Å². The maximum absolute atomic E-state index is 8.92. The summed E-state index contributed by atoms with van der Waals surface area (Å²) in [4.78, 5) is 2.98. The van der Waals surface area contributed by atoms with Crippen LogP contribution in [0.5, 0.6) is 0 Å². The third-order valence-corrected chi connectivity index (χ3v) is 3.73. The van der Waals surface area contributed by atoms with E-state index in [-0.39, 0.29) is 0 Å². The van der Waals surface area contributed by atoms with Gasteiger partial charge >= 0.3 is 0 Å². The topological polar surface area (TPSA) is 48.8 Å². The summed E-state index contributed by atoms with van der Waals surface area (Å²) in [5.41, 5.74) is 14.5. The minimum atomic E-state index is 0.605. The molecule has 3 aromatic carbocycles. The summed E-state index contributed by atoms with van der Waals surface area (Å²) in [6.07, 6.45) is 1.71. The van der Waals surface area contributed by atoms with E-state index in [0.29, 0.717) is 5.69 Å². The van der Waals surface area contributed by atoms with Gasteiger partial charge in [0.1, 0.15) is 0 Å². The normalized spacial score (nSPS) is 9.91. The Morgan fingerprint density at radius 2 is 1.43 bits per heavy atom. The summed E-state index contributed by atoms with van der Waals surface area (Å²) >= 11 is 0. The van der Waals surface area contributed by atoms with Crippen molar-refractivity contribution in [3.63, 3.8) is 0 Å². The van der Waals surface area contributed by atoms with Gasteiger partial charge in [0.2, 0.25) is 0 Å². The molecule has 3 heteroatoms. The Kier molecular flexibility index (Phi) is 4.23. The van der Waals surface area contributed by atoms with Crippen LogP contribution in [-0.4, -0.2) is 0 Å². The Labute approximate surface area is 135 Å². The molecule has 3 aromatic rings. The van der Waals surface area contributed by atoms with E-state index in [1.54, 1.807) is 6.08 Å². The van der Waals surface area contributed by atoms with E-state index in [2.05, 4.69) is 34.8 Å². The molecule has 0 aliphatic rings. The number of nitrogens with zero attached hydrogens (tertiary/aromatic N) is 3. The molecular weight excluding hydrogens is 282 g/mol. The van der Waals surface area contributed by atoms with Crippen LogP contribution in [0.25, 0.3) is 38.8 Å². The van der Waals surface area contributed by atoms with Gasteiger partial charge in [-0.05, 0) is 33.3 Å². The first-order chi connectivity index (χ1) is 11.3. The maximum Gasteiger partial charge on any atom is 0.0526 e. The number of azide groups is 1. The quantitative estimate of drug-likeness (QED) is 0.296. The standard InChI is InChI=1S/C20H15N3/c1-2-15-11-8-14-19(20(15)22-23-21)18-13-7-6-12-17(18)16-9-4-3-5-10-16/h2-14H,1H2. The average Bonchev–Trinajstić information content (AvgIpc) is 2.63. The van der Waals surface area contributed by atoms with Crippen molar-refractivity contribution in [3.8, 4) is 22.3 Å². The minimum Gasteiger partial charge on any atom is -0.0985 e. The Hall–Kier alpha value is -3.29. The van der Waals surface area contributed by atoms with Crippen molar-refractivity contribution in [2.75, 3.05) is 0 Å². The van der Waals surface area contributed by atoms with Crippen LogP contribution in [0.3, 0.4) is 0 Å². The molecule has 0 saturated carbocycles. The van der Waals surface area contributed by atoms with Crippen LogP contribution in [0, 0.1) is 0 Å². The SMILES string of the molecule is C=Cc1cccc(-c2ccccc2-c2ccccc2)c1N=[N+]=[N-]. The van der Waals surface area contributed by atoms with Gasteiger partial charge in [0, 0.05) is 4.91 Å². The first-order valence-electron chi connectivity index (χ1n) is 7.30. The zero-order chi connectivity index (χ0) is 16.1. The minimum absolute atomic E-state index is 0.605. The number of hydrogen-bond donors (Lipinski definition) is 0. The molecule has 23 heavy (non-hydrogen) atoms. The van der Waals surface area contributed by atoms with Crippen molar-refractivity contribution in [2.24, 2.45) is 5.11 Å². The van der Waals surface area contributed by atoms with Gasteiger partial charge in [-0.3, -0.25) is 0 Å². The predicted molar refractivity (Wildman–Crippen MR) is 96.2 cm³/mol. The second kappa shape index (κ2) is 6.65. The zero-order valence-corrected chi connectivity index (χ0v) is 12.6. The molecule has 3 nitrogen and oxygen atoms in total. The Morgan fingerprint density at radius 3 is 2.13 bits per heavy atom. The lowest BCUT2D eigenvalue weighted by molar-refractivity contribution is 1.45. The smallest absolute Gasteiger partial charge is 0.0526 e. The molecule has 0 heterocycles. The van der Waals surface area contributed by atoms with Gasteiger partial charge in [-0.2, -0.15) is 0 Å². The fourth-order valence-corrected chi connectivity index (χ4v) is 2.69. The van der Waals surface area contributed by atoms with E-state index in [9.17, 15) is 0 Å². The fraction of sp³-hybridized carbons (Fsp3) is 0. The highest BCUT2D eigenvalue weighted by Gasteiger charge is 2.11. The van der Waals surface area contributed by atoms with Crippen LogP contribution >= 0.6 is 0 Å². The number of rotatable bonds is 4. The lowest BCUT2D eigenvalue weighted by atomic mass is 9.92. The monoisotopic (exact) mass is 297 g/mol. The molecule has 0 atom stereocenters. The van der Waals surface area contributed by atoms with Crippen LogP contribution in [0.15, 0.2) is 84.5 Å². The molecule has 0 radical (unpaired) electrons. The molecule has 0 aliphatic heterocycles. The Morgan fingerprint density at radius 1 is 0.783 bits per heavy atom. The molecule has 0 aromatic heterocycles.